The smallest absolute Gasteiger partial charge is 0.0541 e. The van der Waals surface area contributed by atoms with Crippen LogP contribution in [-0.2, 0) is 5.41 Å². The number of benzene rings is 4. The van der Waals surface area contributed by atoms with Crippen LogP contribution in [0.3, 0.4) is 0 Å². The van der Waals surface area contributed by atoms with Crippen molar-refractivity contribution in [1.82, 2.24) is 4.57 Å². The Morgan fingerprint density at radius 1 is 0.743 bits per heavy atom. The first-order valence-electron chi connectivity index (χ1n) is 12.5. The molecule has 0 saturated carbocycles. The van der Waals surface area contributed by atoms with Crippen molar-refractivity contribution < 1.29 is 0 Å². The van der Waals surface area contributed by atoms with E-state index >= 15 is 0 Å². The van der Waals surface area contributed by atoms with E-state index in [0.717, 1.165) is 6.42 Å². The topological polar surface area (TPSA) is 17.0 Å². The van der Waals surface area contributed by atoms with Gasteiger partial charge < -0.3 is 9.88 Å². The lowest BCUT2D eigenvalue weighted by Crippen LogP contribution is -2.19. The van der Waals surface area contributed by atoms with Crippen LogP contribution >= 0.6 is 0 Å². The molecule has 1 atom stereocenters. The Morgan fingerprint density at radius 2 is 1.40 bits per heavy atom. The van der Waals surface area contributed by atoms with Crippen LogP contribution in [0.1, 0.15) is 31.4 Å². The summed E-state index contributed by atoms with van der Waals surface area (Å²) < 4.78 is 2.42. The fourth-order valence-electron chi connectivity index (χ4n) is 6.06. The number of nitrogens with zero attached hydrogens (tertiary/aromatic N) is 1. The van der Waals surface area contributed by atoms with E-state index in [9.17, 15) is 0 Å². The summed E-state index contributed by atoms with van der Waals surface area (Å²) in [6, 6.07) is 31.7. The molecular formula is C33H28N2. The average molecular weight is 453 g/mol. The van der Waals surface area contributed by atoms with Gasteiger partial charge in [-0.2, -0.15) is 0 Å². The summed E-state index contributed by atoms with van der Waals surface area (Å²) >= 11 is 0. The zero-order valence-electron chi connectivity index (χ0n) is 20.1. The van der Waals surface area contributed by atoms with Crippen LogP contribution in [0.15, 0.2) is 109 Å². The molecule has 170 valence electrons. The Kier molecular flexibility index (Phi) is 4.35. The molecule has 2 nitrogen and oxygen atoms in total. The summed E-state index contributed by atoms with van der Waals surface area (Å²) in [6.45, 7) is 4.72. The summed E-state index contributed by atoms with van der Waals surface area (Å²) in [5.74, 6) is 0. The Balaban J connectivity index is 1.35. The highest BCUT2D eigenvalue weighted by molar-refractivity contribution is 6.09. The molecule has 0 aliphatic heterocycles. The molecule has 0 saturated heterocycles. The molecule has 1 N–H and O–H groups in total. The molecule has 1 aromatic heterocycles. The number of anilines is 1. The molecule has 4 aromatic carbocycles. The minimum absolute atomic E-state index is 0.0700. The molecule has 0 radical (unpaired) electrons. The van der Waals surface area contributed by atoms with Gasteiger partial charge in [0.25, 0.3) is 0 Å². The Labute approximate surface area is 206 Å². The molecule has 35 heavy (non-hydrogen) atoms. The van der Waals surface area contributed by atoms with Crippen LogP contribution in [0.4, 0.5) is 5.69 Å². The van der Waals surface area contributed by atoms with Crippen LogP contribution in [0.25, 0.3) is 38.6 Å². The second-order valence-corrected chi connectivity index (χ2v) is 10.3. The second kappa shape index (κ2) is 7.48. The van der Waals surface area contributed by atoms with Gasteiger partial charge >= 0.3 is 0 Å². The minimum Gasteiger partial charge on any atom is -0.379 e. The molecule has 2 aliphatic rings. The summed E-state index contributed by atoms with van der Waals surface area (Å²) in [7, 11) is 0. The number of aromatic nitrogens is 1. The summed E-state index contributed by atoms with van der Waals surface area (Å²) in [5.41, 5.74) is 10.3. The molecule has 2 heteroatoms. The maximum Gasteiger partial charge on any atom is 0.0541 e. The molecule has 0 amide bonds. The number of hydrogen-bond donors (Lipinski definition) is 1. The minimum atomic E-state index is -0.0700. The number of para-hydroxylation sites is 2. The SMILES string of the molecule is CC1(C)c2cc(NC3C=CC=CC3)ccc2-c2ccc(-n3c4ccccc4c4ccccc43)cc21. The van der Waals surface area contributed by atoms with Crippen LogP contribution in [0, 0.1) is 0 Å². The second-order valence-electron chi connectivity index (χ2n) is 10.3. The van der Waals surface area contributed by atoms with Gasteiger partial charge in [-0.1, -0.05) is 86.7 Å². The van der Waals surface area contributed by atoms with Crippen molar-refractivity contribution in [3.8, 4) is 16.8 Å². The van der Waals surface area contributed by atoms with E-state index in [-0.39, 0.29) is 5.41 Å². The Morgan fingerprint density at radius 3 is 2.09 bits per heavy atom. The predicted molar refractivity (Wildman–Crippen MR) is 149 cm³/mol. The van der Waals surface area contributed by atoms with Crippen molar-refractivity contribution in [2.75, 3.05) is 5.32 Å². The van der Waals surface area contributed by atoms with Crippen LogP contribution in [0.2, 0.25) is 0 Å². The maximum absolute atomic E-state index is 3.71. The first-order chi connectivity index (χ1) is 17.1. The standard InChI is InChI=1S/C33H28N2/c1-33(2)29-20-23(34-22-10-4-3-5-11-22)16-18-25(29)26-19-17-24(21-30(26)33)35-31-14-8-6-12-27(31)28-13-7-9-15-32(28)35/h3-10,12-22,34H,11H2,1-2H3. The van der Waals surface area contributed by atoms with Crippen molar-refractivity contribution in [2.24, 2.45) is 0 Å². The van der Waals surface area contributed by atoms with Gasteiger partial charge in [-0.3, -0.25) is 0 Å². The van der Waals surface area contributed by atoms with Gasteiger partial charge in [-0.25, -0.2) is 0 Å². The number of nitrogens with one attached hydrogen (secondary N) is 1. The molecule has 2 aliphatic carbocycles. The fraction of sp³-hybridized carbons (Fsp3) is 0.152. The van der Waals surface area contributed by atoms with E-state index in [4.69, 9.17) is 0 Å². The summed E-state index contributed by atoms with van der Waals surface area (Å²) in [5, 5.41) is 6.31. The third-order valence-electron chi connectivity index (χ3n) is 7.83. The van der Waals surface area contributed by atoms with Gasteiger partial charge in [0, 0.05) is 33.6 Å². The van der Waals surface area contributed by atoms with Gasteiger partial charge in [-0.05, 0) is 65.1 Å². The highest BCUT2D eigenvalue weighted by Crippen LogP contribution is 2.50. The van der Waals surface area contributed by atoms with Gasteiger partial charge in [0.05, 0.1) is 11.0 Å². The van der Waals surface area contributed by atoms with Crippen LogP contribution in [-0.4, -0.2) is 10.6 Å². The van der Waals surface area contributed by atoms with Crippen molar-refractivity contribution in [3.63, 3.8) is 0 Å². The Hall–Kier alpha value is -4.04. The molecule has 0 fully saturated rings. The largest absolute Gasteiger partial charge is 0.379 e. The van der Waals surface area contributed by atoms with Crippen LogP contribution in [0.5, 0.6) is 0 Å². The summed E-state index contributed by atoms with van der Waals surface area (Å²) in [6.07, 6.45) is 9.74. The van der Waals surface area contributed by atoms with Crippen molar-refractivity contribution >= 4 is 27.5 Å². The van der Waals surface area contributed by atoms with E-state index < -0.39 is 0 Å². The molecule has 0 spiro atoms. The van der Waals surface area contributed by atoms with Crippen molar-refractivity contribution in [1.29, 1.82) is 0 Å². The monoisotopic (exact) mass is 452 g/mol. The quantitative estimate of drug-likeness (QED) is 0.291. The van der Waals surface area contributed by atoms with Gasteiger partial charge in [0.1, 0.15) is 0 Å². The average Bonchev–Trinajstić information content (AvgIpc) is 3.34. The number of rotatable bonds is 3. The van der Waals surface area contributed by atoms with Gasteiger partial charge in [0.15, 0.2) is 0 Å². The predicted octanol–water partition coefficient (Wildman–Crippen LogP) is 8.39. The highest BCUT2D eigenvalue weighted by Gasteiger charge is 2.36. The third-order valence-corrected chi connectivity index (χ3v) is 7.83. The van der Waals surface area contributed by atoms with E-state index in [2.05, 4.69) is 133 Å². The fourth-order valence-corrected chi connectivity index (χ4v) is 6.06. The number of hydrogen-bond acceptors (Lipinski definition) is 1. The van der Waals surface area contributed by atoms with E-state index in [1.165, 1.54) is 55.4 Å². The van der Waals surface area contributed by atoms with Gasteiger partial charge in [0.2, 0.25) is 0 Å². The molecule has 5 aromatic rings. The van der Waals surface area contributed by atoms with Crippen molar-refractivity contribution in [2.45, 2.75) is 31.7 Å². The van der Waals surface area contributed by atoms with E-state index in [0.29, 0.717) is 6.04 Å². The maximum atomic E-state index is 3.71. The lowest BCUT2D eigenvalue weighted by molar-refractivity contribution is 0.660. The molecule has 0 bridgehead atoms. The molecule has 1 heterocycles. The molecular weight excluding hydrogens is 424 g/mol. The normalized spacial score (nSPS) is 17.6. The Bertz CT molecular complexity index is 1630. The van der Waals surface area contributed by atoms with Crippen molar-refractivity contribution in [3.05, 3.63) is 120 Å². The van der Waals surface area contributed by atoms with Gasteiger partial charge in [-0.15, -0.1) is 0 Å². The van der Waals surface area contributed by atoms with Crippen LogP contribution < -0.4 is 5.32 Å². The molecule has 1 unspecified atom stereocenters. The first kappa shape index (κ1) is 20.3. The van der Waals surface area contributed by atoms with E-state index in [1.54, 1.807) is 0 Å². The zero-order valence-corrected chi connectivity index (χ0v) is 20.1. The molecule has 7 rings (SSSR count). The highest BCUT2D eigenvalue weighted by atomic mass is 15.0. The zero-order chi connectivity index (χ0) is 23.6. The lowest BCUT2D eigenvalue weighted by Gasteiger charge is -2.24. The van der Waals surface area contributed by atoms with E-state index in [1.807, 2.05) is 0 Å². The first-order valence-corrected chi connectivity index (χ1v) is 12.5. The third kappa shape index (κ3) is 3.03. The summed E-state index contributed by atoms with van der Waals surface area (Å²) in [4.78, 5) is 0. The number of allylic oxidation sites excluding steroid dienone is 2. The lowest BCUT2D eigenvalue weighted by atomic mass is 9.82. The number of fused-ring (bicyclic) bond motifs is 6.